The Morgan fingerprint density at radius 2 is 2.05 bits per heavy atom. The molecule has 2 N–H and O–H groups in total. The quantitative estimate of drug-likeness (QED) is 0.912. The van der Waals surface area contributed by atoms with Gasteiger partial charge in [-0.15, -0.1) is 12.4 Å². The smallest absolute Gasteiger partial charge is 0.247 e. The van der Waals surface area contributed by atoms with Gasteiger partial charge in [-0.05, 0) is 43.9 Å². The van der Waals surface area contributed by atoms with Crippen LogP contribution in [0.1, 0.15) is 24.0 Å². The molecule has 1 unspecified atom stereocenters. The molecule has 21 heavy (non-hydrogen) atoms. The average molecular weight is 335 g/mol. The highest BCUT2D eigenvalue weighted by atomic mass is 35.5. The van der Waals surface area contributed by atoms with Gasteiger partial charge in [0.05, 0.1) is 7.11 Å². The number of hydrogen-bond acceptors (Lipinski definition) is 4. The number of rotatable bonds is 4. The minimum atomic E-state index is -3.56. The first kappa shape index (κ1) is 18.2. The molecule has 1 aliphatic heterocycles. The van der Waals surface area contributed by atoms with E-state index < -0.39 is 10.0 Å². The molecular weight excluding hydrogens is 312 g/mol. The SMILES string of the molecule is COc1c(C)cc(C)cc1S(=O)(=O)N1CCCC1CN.Cl. The Bertz CT molecular complexity index is 604. The molecule has 0 aromatic heterocycles. The molecule has 1 saturated heterocycles. The Morgan fingerprint density at radius 3 is 2.62 bits per heavy atom. The fraction of sp³-hybridized carbons (Fsp3) is 0.571. The first-order valence-electron chi connectivity index (χ1n) is 6.79. The summed E-state index contributed by atoms with van der Waals surface area (Å²) in [6.45, 7) is 4.62. The summed E-state index contributed by atoms with van der Waals surface area (Å²) < 4.78 is 32.6. The van der Waals surface area contributed by atoms with Crippen LogP contribution in [-0.2, 0) is 10.0 Å². The van der Waals surface area contributed by atoms with E-state index in [0.29, 0.717) is 18.8 Å². The Kier molecular flexibility index (Phi) is 6.04. The van der Waals surface area contributed by atoms with E-state index in [1.807, 2.05) is 19.9 Å². The molecule has 0 amide bonds. The molecule has 1 heterocycles. The van der Waals surface area contributed by atoms with Crippen molar-refractivity contribution < 1.29 is 13.2 Å². The number of benzene rings is 1. The molecule has 1 aromatic carbocycles. The van der Waals surface area contributed by atoms with Crippen LogP contribution in [0.25, 0.3) is 0 Å². The van der Waals surface area contributed by atoms with Crippen LogP contribution in [0.2, 0.25) is 0 Å². The summed E-state index contributed by atoms with van der Waals surface area (Å²) in [6, 6.07) is 3.49. The lowest BCUT2D eigenvalue weighted by Gasteiger charge is -2.24. The molecule has 1 atom stereocenters. The van der Waals surface area contributed by atoms with E-state index in [0.717, 1.165) is 24.0 Å². The van der Waals surface area contributed by atoms with Crippen LogP contribution in [0.4, 0.5) is 0 Å². The largest absolute Gasteiger partial charge is 0.495 e. The van der Waals surface area contributed by atoms with E-state index in [-0.39, 0.29) is 23.3 Å². The minimum absolute atomic E-state index is 0. The zero-order chi connectivity index (χ0) is 14.9. The van der Waals surface area contributed by atoms with Crippen LogP contribution in [-0.4, -0.2) is 39.0 Å². The third-order valence-corrected chi connectivity index (χ3v) is 5.73. The molecule has 120 valence electrons. The molecule has 0 aliphatic carbocycles. The van der Waals surface area contributed by atoms with E-state index in [1.165, 1.54) is 11.4 Å². The molecular formula is C14H23ClN2O3S. The van der Waals surface area contributed by atoms with Gasteiger partial charge in [-0.25, -0.2) is 8.42 Å². The number of halogens is 1. The van der Waals surface area contributed by atoms with Crippen molar-refractivity contribution in [2.75, 3.05) is 20.2 Å². The molecule has 0 saturated carbocycles. The predicted octanol–water partition coefficient (Wildman–Crippen LogP) is 1.85. The minimum Gasteiger partial charge on any atom is -0.495 e. The van der Waals surface area contributed by atoms with Crippen LogP contribution >= 0.6 is 12.4 Å². The lowest BCUT2D eigenvalue weighted by atomic mass is 10.1. The maximum Gasteiger partial charge on any atom is 0.247 e. The van der Waals surface area contributed by atoms with Gasteiger partial charge in [0.1, 0.15) is 10.6 Å². The van der Waals surface area contributed by atoms with Gasteiger partial charge < -0.3 is 10.5 Å². The van der Waals surface area contributed by atoms with Gasteiger partial charge in [0.15, 0.2) is 0 Å². The summed E-state index contributed by atoms with van der Waals surface area (Å²) in [6.07, 6.45) is 1.68. The van der Waals surface area contributed by atoms with Gasteiger partial charge in [-0.2, -0.15) is 4.31 Å². The zero-order valence-corrected chi connectivity index (χ0v) is 14.3. The van der Waals surface area contributed by atoms with Gasteiger partial charge in [0, 0.05) is 19.1 Å². The number of nitrogens with two attached hydrogens (primary N) is 1. The molecule has 1 aliphatic rings. The lowest BCUT2D eigenvalue weighted by Crippen LogP contribution is -2.40. The Balaban J connectivity index is 0.00000220. The van der Waals surface area contributed by atoms with Crippen molar-refractivity contribution in [2.24, 2.45) is 5.73 Å². The third kappa shape index (κ3) is 3.34. The second kappa shape index (κ2) is 6.96. The number of methoxy groups -OCH3 is 1. The molecule has 0 spiro atoms. The van der Waals surface area contributed by atoms with Gasteiger partial charge in [0.2, 0.25) is 10.0 Å². The van der Waals surface area contributed by atoms with Crippen molar-refractivity contribution >= 4 is 22.4 Å². The summed E-state index contributed by atoms with van der Waals surface area (Å²) in [4.78, 5) is 0.248. The van der Waals surface area contributed by atoms with Crippen LogP contribution in [0.5, 0.6) is 5.75 Å². The first-order valence-corrected chi connectivity index (χ1v) is 8.23. The Morgan fingerprint density at radius 1 is 1.38 bits per heavy atom. The lowest BCUT2D eigenvalue weighted by molar-refractivity contribution is 0.377. The van der Waals surface area contributed by atoms with Gasteiger partial charge in [0.25, 0.3) is 0 Å². The zero-order valence-electron chi connectivity index (χ0n) is 12.6. The van der Waals surface area contributed by atoms with Crippen LogP contribution < -0.4 is 10.5 Å². The predicted molar refractivity (Wildman–Crippen MR) is 85.7 cm³/mol. The highest BCUT2D eigenvalue weighted by Crippen LogP contribution is 2.34. The van der Waals surface area contributed by atoms with Crippen molar-refractivity contribution in [1.82, 2.24) is 4.31 Å². The van der Waals surface area contributed by atoms with Crippen molar-refractivity contribution in [3.05, 3.63) is 23.3 Å². The fourth-order valence-corrected chi connectivity index (χ4v) is 4.88. The molecule has 0 bridgehead atoms. The summed E-state index contributed by atoms with van der Waals surface area (Å²) in [5.41, 5.74) is 7.43. The average Bonchev–Trinajstić information content (AvgIpc) is 2.86. The number of hydrogen-bond donors (Lipinski definition) is 1. The highest BCUT2D eigenvalue weighted by Gasteiger charge is 2.36. The molecule has 0 radical (unpaired) electrons. The number of aryl methyl sites for hydroxylation is 2. The third-order valence-electron chi connectivity index (χ3n) is 3.77. The number of sulfonamides is 1. The Hall–Kier alpha value is -0.820. The van der Waals surface area contributed by atoms with Crippen LogP contribution in [0.3, 0.4) is 0 Å². The summed E-state index contributed by atoms with van der Waals surface area (Å²) >= 11 is 0. The van der Waals surface area contributed by atoms with Gasteiger partial charge in [-0.3, -0.25) is 0 Å². The molecule has 1 fully saturated rings. The first-order chi connectivity index (χ1) is 9.41. The molecule has 7 heteroatoms. The van der Waals surface area contributed by atoms with Gasteiger partial charge >= 0.3 is 0 Å². The number of ether oxygens (including phenoxy) is 1. The number of nitrogens with zero attached hydrogens (tertiary/aromatic N) is 1. The van der Waals surface area contributed by atoms with Crippen molar-refractivity contribution in [3.63, 3.8) is 0 Å². The summed E-state index contributed by atoms with van der Waals surface area (Å²) in [7, 11) is -2.06. The molecule has 5 nitrogen and oxygen atoms in total. The van der Waals surface area contributed by atoms with E-state index in [2.05, 4.69) is 0 Å². The fourth-order valence-electron chi connectivity index (χ4n) is 2.86. The van der Waals surface area contributed by atoms with Crippen LogP contribution in [0, 0.1) is 13.8 Å². The summed E-state index contributed by atoms with van der Waals surface area (Å²) in [5, 5.41) is 0. The van der Waals surface area contributed by atoms with Crippen LogP contribution in [0.15, 0.2) is 17.0 Å². The standard InChI is InChI=1S/C14H22N2O3S.ClH/c1-10-7-11(2)14(19-3)13(8-10)20(17,18)16-6-4-5-12(16)9-15;/h7-8,12H,4-6,9,15H2,1-3H3;1H. The van der Waals surface area contributed by atoms with Crippen molar-refractivity contribution in [3.8, 4) is 5.75 Å². The second-order valence-corrected chi connectivity index (χ2v) is 7.12. The second-order valence-electron chi connectivity index (χ2n) is 5.26. The summed E-state index contributed by atoms with van der Waals surface area (Å²) in [5.74, 6) is 0.429. The maximum absolute atomic E-state index is 12.9. The van der Waals surface area contributed by atoms with E-state index in [9.17, 15) is 8.42 Å². The Labute approximate surface area is 132 Å². The normalized spacial score (nSPS) is 19.3. The maximum atomic E-state index is 12.9. The monoisotopic (exact) mass is 334 g/mol. The molecule has 1 aromatic rings. The van der Waals surface area contributed by atoms with E-state index >= 15 is 0 Å². The van der Waals surface area contributed by atoms with Gasteiger partial charge in [-0.1, -0.05) is 6.07 Å². The molecule has 2 rings (SSSR count). The van der Waals surface area contributed by atoms with E-state index in [1.54, 1.807) is 6.07 Å². The van der Waals surface area contributed by atoms with E-state index in [4.69, 9.17) is 10.5 Å². The van der Waals surface area contributed by atoms with Crippen molar-refractivity contribution in [1.29, 1.82) is 0 Å². The van der Waals surface area contributed by atoms with Crippen molar-refractivity contribution in [2.45, 2.75) is 37.6 Å². The topological polar surface area (TPSA) is 72.6 Å². The highest BCUT2D eigenvalue weighted by molar-refractivity contribution is 7.89.